The smallest absolute Gasteiger partial charge is 0.311 e. The third kappa shape index (κ3) is 3.16. The van der Waals surface area contributed by atoms with Crippen LogP contribution in [0.3, 0.4) is 0 Å². The van der Waals surface area contributed by atoms with Gasteiger partial charge in [0.15, 0.2) is 0 Å². The first-order chi connectivity index (χ1) is 15.9. The van der Waals surface area contributed by atoms with Crippen LogP contribution in [-0.4, -0.2) is 68.0 Å². The number of carbonyl (C=O) groups excluding carboxylic acids is 1. The third-order valence-electron chi connectivity index (χ3n) is 9.75. The Balaban J connectivity index is 1.15. The van der Waals surface area contributed by atoms with E-state index in [1.807, 2.05) is 6.07 Å². The Hall–Kier alpha value is -1.79. The molecular formula is C27H38N2O4. The summed E-state index contributed by atoms with van der Waals surface area (Å²) in [4.78, 5) is 18.0. The van der Waals surface area contributed by atoms with E-state index in [-0.39, 0.29) is 41.0 Å². The number of benzene rings is 1. The molecule has 0 aromatic heterocycles. The summed E-state index contributed by atoms with van der Waals surface area (Å²) < 4.78 is 18.1. The topological polar surface area (TPSA) is 54.5 Å². The van der Waals surface area contributed by atoms with E-state index < -0.39 is 0 Å². The molecule has 6 heteroatoms. The van der Waals surface area contributed by atoms with Crippen LogP contribution in [0.5, 0.6) is 5.75 Å². The Morgan fingerprint density at radius 2 is 2.09 bits per heavy atom. The molecular weight excluding hydrogens is 416 g/mol. The van der Waals surface area contributed by atoms with Gasteiger partial charge in [-0.25, -0.2) is 0 Å². The standard InChI is InChI=1S/C27H38N2O4/c1-17-7-6-10-26(3)14-22-23(24-27(17,26)33-24)21(25(30)32-22)16-28-11-12-29(18(2)15-28)19-8-5-9-20(13-19)31-4/h5,8-9,13,17-18,21-24H,6-7,10-12,14-16H2,1-4H3/t17-,18+,21-,22+,23+,24+,26+,27+/m0/s1. The first-order valence-electron chi connectivity index (χ1n) is 12.9. The average Bonchev–Trinajstić information content (AvgIpc) is 3.48. The summed E-state index contributed by atoms with van der Waals surface area (Å²) in [6.07, 6.45) is 4.91. The second-order valence-corrected chi connectivity index (χ2v) is 11.6. The van der Waals surface area contributed by atoms with Crippen molar-refractivity contribution in [1.82, 2.24) is 4.90 Å². The molecule has 2 saturated carbocycles. The van der Waals surface area contributed by atoms with Gasteiger partial charge in [-0.05, 0) is 44.2 Å². The fourth-order valence-corrected chi connectivity index (χ4v) is 8.09. The highest BCUT2D eigenvalue weighted by Crippen LogP contribution is 2.70. The van der Waals surface area contributed by atoms with E-state index in [9.17, 15) is 4.79 Å². The number of ether oxygens (including phenoxy) is 3. The highest BCUT2D eigenvalue weighted by Gasteiger charge is 2.78. The normalized spacial score (nSPS) is 44.5. The lowest BCUT2D eigenvalue weighted by Crippen LogP contribution is -2.56. The number of rotatable bonds is 4. The fourth-order valence-electron chi connectivity index (χ4n) is 8.09. The number of hydrogen-bond acceptors (Lipinski definition) is 6. The van der Waals surface area contributed by atoms with Gasteiger partial charge in [0.25, 0.3) is 0 Å². The van der Waals surface area contributed by atoms with Crippen LogP contribution in [0.4, 0.5) is 5.69 Å². The van der Waals surface area contributed by atoms with Crippen LogP contribution in [0, 0.1) is 23.2 Å². The minimum absolute atomic E-state index is 0.00780. The summed E-state index contributed by atoms with van der Waals surface area (Å²) in [5, 5.41) is 0. The van der Waals surface area contributed by atoms with Crippen molar-refractivity contribution in [1.29, 1.82) is 0 Å². The Morgan fingerprint density at radius 3 is 2.88 bits per heavy atom. The number of anilines is 1. The molecule has 33 heavy (non-hydrogen) atoms. The number of esters is 1. The highest BCUT2D eigenvalue weighted by atomic mass is 16.6. The lowest BCUT2D eigenvalue weighted by Gasteiger charge is -2.49. The van der Waals surface area contributed by atoms with Crippen molar-refractivity contribution in [3.05, 3.63) is 24.3 Å². The highest BCUT2D eigenvalue weighted by molar-refractivity contribution is 5.76. The minimum Gasteiger partial charge on any atom is -0.497 e. The van der Waals surface area contributed by atoms with Crippen molar-refractivity contribution in [3.63, 3.8) is 0 Å². The van der Waals surface area contributed by atoms with E-state index in [0.29, 0.717) is 12.0 Å². The molecule has 1 aromatic carbocycles. The second kappa shape index (κ2) is 7.61. The van der Waals surface area contributed by atoms with Crippen LogP contribution in [0.1, 0.15) is 46.5 Å². The number of hydrogen-bond donors (Lipinski definition) is 0. The molecule has 1 spiro atoms. The molecule has 6 rings (SSSR count). The van der Waals surface area contributed by atoms with Crippen molar-refractivity contribution in [2.75, 3.05) is 38.2 Å². The van der Waals surface area contributed by atoms with Gasteiger partial charge in [-0.2, -0.15) is 0 Å². The van der Waals surface area contributed by atoms with Crippen molar-refractivity contribution < 1.29 is 19.0 Å². The van der Waals surface area contributed by atoms with Gasteiger partial charge in [-0.15, -0.1) is 0 Å². The number of nitrogens with zero attached hydrogens (tertiary/aromatic N) is 2. The molecule has 3 saturated heterocycles. The molecule has 3 heterocycles. The van der Waals surface area contributed by atoms with Crippen LogP contribution in [0.2, 0.25) is 0 Å². The molecule has 1 aromatic rings. The largest absolute Gasteiger partial charge is 0.497 e. The van der Waals surface area contributed by atoms with Gasteiger partial charge in [0.2, 0.25) is 0 Å². The van der Waals surface area contributed by atoms with E-state index >= 15 is 0 Å². The summed E-state index contributed by atoms with van der Waals surface area (Å²) in [6, 6.07) is 8.68. The monoisotopic (exact) mass is 454 g/mol. The zero-order valence-electron chi connectivity index (χ0n) is 20.5. The summed E-state index contributed by atoms with van der Waals surface area (Å²) in [5.74, 6) is 1.63. The fraction of sp³-hybridized carbons (Fsp3) is 0.741. The Labute approximate surface area is 197 Å². The van der Waals surface area contributed by atoms with Crippen molar-refractivity contribution in [2.24, 2.45) is 23.2 Å². The number of piperazine rings is 1. The van der Waals surface area contributed by atoms with Gasteiger partial charge < -0.3 is 19.1 Å². The third-order valence-corrected chi connectivity index (χ3v) is 9.75. The lowest BCUT2D eigenvalue weighted by atomic mass is 9.53. The van der Waals surface area contributed by atoms with E-state index in [1.165, 1.54) is 24.9 Å². The van der Waals surface area contributed by atoms with Crippen LogP contribution < -0.4 is 9.64 Å². The molecule has 180 valence electrons. The average molecular weight is 455 g/mol. The minimum atomic E-state index is -0.0615. The van der Waals surface area contributed by atoms with Crippen LogP contribution in [0.15, 0.2) is 24.3 Å². The Kier molecular flexibility index (Phi) is 5.01. The molecule has 0 bridgehead atoms. The number of fused-ring (bicyclic) bond motifs is 2. The Bertz CT molecular complexity index is 938. The predicted octanol–water partition coefficient (Wildman–Crippen LogP) is 3.73. The summed E-state index contributed by atoms with van der Waals surface area (Å²) in [5.41, 5.74) is 1.34. The molecule has 6 nitrogen and oxygen atoms in total. The zero-order valence-corrected chi connectivity index (χ0v) is 20.5. The molecule has 5 aliphatic rings. The molecule has 3 aliphatic heterocycles. The van der Waals surface area contributed by atoms with Gasteiger partial charge in [-0.3, -0.25) is 9.69 Å². The van der Waals surface area contributed by atoms with E-state index in [0.717, 1.165) is 38.3 Å². The van der Waals surface area contributed by atoms with Gasteiger partial charge in [0.05, 0.1) is 19.1 Å². The molecule has 0 radical (unpaired) electrons. The number of carbonyl (C=O) groups is 1. The molecule has 0 N–H and O–H groups in total. The maximum Gasteiger partial charge on any atom is 0.311 e. The van der Waals surface area contributed by atoms with Gasteiger partial charge in [0.1, 0.15) is 17.5 Å². The van der Waals surface area contributed by atoms with Crippen LogP contribution >= 0.6 is 0 Å². The molecule has 5 fully saturated rings. The maximum atomic E-state index is 13.1. The van der Waals surface area contributed by atoms with E-state index in [1.54, 1.807) is 7.11 Å². The molecule has 0 unspecified atom stereocenters. The van der Waals surface area contributed by atoms with Gasteiger partial charge in [-0.1, -0.05) is 26.3 Å². The first-order valence-corrected chi connectivity index (χ1v) is 12.9. The quantitative estimate of drug-likeness (QED) is 0.510. The molecule has 8 atom stereocenters. The summed E-state index contributed by atoms with van der Waals surface area (Å²) >= 11 is 0. The molecule has 2 aliphatic carbocycles. The van der Waals surface area contributed by atoms with Crippen molar-refractivity contribution in [2.45, 2.75) is 70.3 Å². The number of methoxy groups -OCH3 is 1. The SMILES string of the molecule is COc1cccc(N2CCN(C[C@@H]3C(=O)O[C@@H]4C[C@@]5(C)CCC[C@H](C)[C@]56O[C@@H]6[C@H]34)C[C@H]2C)c1. The molecule has 0 amide bonds. The first kappa shape index (κ1) is 21.7. The van der Waals surface area contributed by atoms with Gasteiger partial charge >= 0.3 is 5.97 Å². The lowest BCUT2D eigenvalue weighted by molar-refractivity contribution is -0.146. The summed E-state index contributed by atoms with van der Waals surface area (Å²) in [7, 11) is 1.71. The maximum absolute atomic E-state index is 13.1. The van der Waals surface area contributed by atoms with Crippen molar-refractivity contribution in [3.8, 4) is 5.75 Å². The zero-order chi connectivity index (χ0) is 23.0. The van der Waals surface area contributed by atoms with Gasteiger partial charge in [0, 0.05) is 55.3 Å². The Morgan fingerprint density at radius 1 is 1.24 bits per heavy atom. The van der Waals surface area contributed by atoms with E-state index in [4.69, 9.17) is 14.2 Å². The second-order valence-electron chi connectivity index (χ2n) is 11.6. The van der Waals surface area contributed by atoms with Crippen LogP contribution in [-0.2, 0) is 14.3 Å². The number of epoxide rings is 1. The van der Waals surface area contributed by atoms with Crippen molar-refractivity contribution >= 4 is 11.7 Å². The summed E-state index contributed by atoms with van der Waals surface area (Å²) in [6.45, 7) is 10.7. The van der Waals surface area contributed by atoms with E-state index in [2.05, 4.69) is 48.8 Å². The van der Waals surface area contributed by atoms with Crippen LogP contribution in [0.25, 0.3) is 0 Å². The predicted molar refractivity (Wildman–Crippen MR) is 126 cm³/mol.